The summed E-state index contributed by atoms with van der Waals surface area (Å²) in [6.45, 7) is 1.94. The molecule has 0 bridgehead atoms. The molecule has 1 amide bonds. The summed E-state index contributed by atoms with van der Waals surface area (Å²) in [5.41, 5.74) is 0.188. The summed E-state index contributed by atoms with van der Waals surface area (Å²) in [6, 6.07) is 2.55. The molecule has 0 saturated carbocycles. The van der Waals surface area contributed by atoms with E-state index in [4.69, 9.17) is 20.2 Å². The lowest BCUT2D eigenvalue weighted by atomic mass is 10.1. The van der Waals surface area contributed by atoms with Gasteiger partial charge in [0.25, 0.3) is 15.0 Å². The van der Waals surface area contributed by atoms with Gasteiger partial charge in [0.2, 0.25) is 0 Å². The lowest BCUT2D eigenvalue weighted by molar-refractivity contribution is 0.0781. The van der Waals surface area contributed by atoms with E-state index in [0.29, 0.717) is 32.1 Å². The minimum Gasteiger partial charge on any atom is -0.486 e. The zero-order chi connectivity index (χ0) is 15.0. The lowest BCUT2D eigenvalue weighted by Gasteiger charge is -2.23. The van der Waals surface area contributed by atoms with Crippen LogP contribution in [-0.2, 0) is 9.05 Å². The Labute approximate surface area is 127 Å². The smallest absolute Gasteiger partial charge is 0.261 e. The summed E-state index contributed by atoms with van der Waals surface area (Å²) in [6.07, 6.45) is 1.89. The van der Waals surface area contributed by atoms with E-state index in [-0.39, 0.29) is 22.1 Å². The predicted octanol–water partition coefficient (Wildman–Crippen LogP) is 1.62. The maximum atomic E-state index is 12.6. The molecular formula is C13H14ClNO5S. The largest absolute Gasteiger partial charge is 0.486 e. The number of halogens is 1. The van der Waals surface area contributed by atoms with E-state index in [1.165, 1.54) is 12.1 Å². The molecule has 1 aromatic carbocycles. The third-order valence-electron chi connectivity index (χ3n) is 3.52. The van der Waals surface area contributed by atoms with E-state index in [1.807, 2.05) is 0 Å². The number of nitrogens with zero attached hydrogens (tertiary/aromatic N) is 1. The summed E-state index contributed by atoms with van der Waals surface area (Å²) in [5, 5.41) is 0. The first kappa shape index (κ1) is 14.5. The van der Waals surface area contributed by atoms with E-state index >= 15 is 0 Å². The average molecular weight is 332 g/mol. The highest BCUT2D eigenvalue weighted by Gasteiger charge is 2.29. The first-order valence-corrected chi connectivity index (χ1v) is 8.95. The topological polar surface area (TPSA) is 72.9 Å². The number of hydrogen-bond donors (Lipinski definition) is 0. The standard InChI is InChI=1S/C13H14ClNO5S/c14-21(17,18)9-7-10(13(16)15-3-1-2-4-15)12-11(8-9)19-5-6-20-12/h7-8H,1-6H2. The number of rotatable bonds is 2. The molecule has 2 aliphatic heterocycles. The van der Waals surface area contributed by atoms with E-state index in [1.54, 1.807) is 4.90 Å². The molecule has 1 fully saturated rings. The number of carbonyl (C=O) groups is 1. The van der Waals surface area contributed by atoms with Gasteiger partial charge in [0.1, 0.15) is 13.2 Å². The van der Waals surface area contributed by atoms with Gasteiger partial charge in [0.05, 0.1) is 10.5 Å². The fourth-order valence-corrected chi connectivity index (χ4v) is 3.29. The Bertz CT molecular complexity index is 682. The van der Waals surface area contributed by atoms with Crippen molar-refractivity contribution in [2.45, 2.75) is 17.7 Å². The molecule has 0 aliphatic carbocycles. The number of fused-ring (bicyclic) bond motifs is 1. The van der Waals surface area contributed by atoms with Crippen LogP contribution in [0, 0.1) is 0 Å². The highest BCUT2D eigenvalue weighted by Crippen LogP contribution is 2.38. The monoisotopic (exact) mass is 331 g/mol. The molecular weight excluding hydrogens is 318 g/mol. The number of amides is 1. The molecule has 0 N–H and O–H groups in total. The Morgan fingerprint density at radius 3 is 2.48 bits per heavy atom. The minimum absolute atomic E-state index is 0.157. The van der Waals surface area contributed by atoms with Gasteiger partial charge in [-0.25, -0.2) is 8.42 Å². The quantitative estimate of drug-likeness (QED) is 0.770. The number of benzene rings is 1. The maximum Gasteiger partial charge on any atom is 0.261 e. The van der Waals surface area contributed by atoms with Crippen molar-refractivity contribution < 1.29 is 22.7 Å². The summed E-state index contributed by atoms with van der Waals surface area (Å²) >= 11 is 0. The van der Waals surface area contributed by atoms with Crippen LogP contribution in [0.1, 0.15) is 23.2 Å². The molecule has 2 aliphatic rings. The number of likely N-dealkylation sites (tertiary alicyclic amines) is 1. The van der Waals surface area contributed by atoms with Crippen LogP contribution in [0.4, 0.5) is 0 Å². The van der Waals surface area contributed by atoms with E-state index in [2.05, 4.69) is 0 Å². The molecule has 0 radical (unpaired) electrons. The summed E-state index contributed by atoms with van der Waals surface area (Å²) in [5.74, 6) is 0.282. The highest BCUT2D eigenvalue weighted by atomic mass is 35.7. The van der Waals surface area contributed by atoms with Crippen molar-refractivity contribution >= 4 is 25.6 Å². The second-order valence-corrected chi connectivity index (χ2v) is 7.50. The molecule has 1 aromatic rings. The molecule has 0 atom stereocenters. The number of hydrogen-bond acceptors (Lipinski definition) is 5. The highest BCUT2D eigenvalue weighted by molar-refractivity contribution is 8.13. The van der Waals surface area contributed by atoms with Crippen LogP contribution in [0.2, 0.25) is 0 Å². The van der Waals surface area contributed by atoms with Crippen molar-refractivity contribution in [3.63, 3.8) is 0 Å². The summed E-state index contributed by atoms with van der Waals surface area (Å²) in [4.78, 5) is 14.1. The molecule has 0 aromatic heterocycles. The fourth-order valence-electron chi connectivity index (χ4n) is 2.52. The maximum absolute atomic E-state index is 12.6. The zero-order valence-electron chi connectivity index (χ0n) is 11.2. The van der Waals surface area contributed by atoms with Gasteiger partial charge in [-0.1, -0.05) is 0 Å². The Hall–Kier alpha value is -1.47. The third-order valence-corrected chi connectivity index (χ3v) is 4.85. The fraction of sp³-hybridized carbons (Fsp3) is 0.462. The first-order valence-electron chi connectivity index (χ1n) is 6.64. The molecule has 8 heteroatoms. The van der Waals surface area contributed by atoms with Crippen molar-refractivity contribution in [1.29, 1.82) is 0 Å². The first-order chi connectivity index (χ1) is 9.97. The van der Waals surface area contributed by atoms with Gasteiger partial charge in [-0.2, -0.15) is 0 Å². The predicted molar refractivity (Wildman–Crippen MR) is 75.6 cm³/mol. The second-order valence-electron chi connectivity index (χ2n) is 4.93. The molecule has 2 heterocycles. The zero-order valence-corrected chi connectivity index (χ0v) is 12.7. The SMILES string of the molecule is O=C(c1cc(S(=O)(=O)Cl)cc2c1OCCO2)N1CCCC1. The normalized spacial score (nSPS) is 17.9. The van der Waals surface area contributed by atoms with Gasteiger partial charge in [-0.05, 0) is 18.9 Å². The van der Waals surface area contributed by atoms with Crippen molar-refractivity contribution in [3.05, 3.63) is 17.7 Å². The van der Waals surface area contributed by atoms with Crippen molar-refractivity contribution in [1.82, 2.24) is 4.90 Å². The summed E-state index contributed by atoms with van der Waals surface area (Å²) < 4.78 is 34.0. The van der Waals surface area contributed by atoms with Crippen LogP contribution in [0.5, 0.6) is 11.5 Å². The van der Waals surface area contributed by atoms with Crippen LogP contribution < -0.4 is 9.47 Å². The van der Waals surface area contributed by atoms with Crippen LogP contribution in [-0.4, -0.2) is 45.5 Å². The molecule has 6 nitrogen and oxygen atoms in total. The average Bonchev–Trinajstić information content (AvgIpc) is 2.98. The Morgan fingerprint density at radius 1 is 1.14 bits per heavy atom. The second kappa shape index (κ2) is 5.38. The minimum atomic E-state index is -3.95. The van der Waals surface area contributed by atoms with E-state index in [0.717, 1.165) is 12.8 Å². The van der Waals surface area contributed by atoms with Gasteiger partial charge in [-0.15, -0.1) is 0 Å². The van der Waals surface area contributed by atoms with E-state index in [9.17, 15) is 13.2 Å². The molecule has 3 rings (SSSR count). The van der Waals surface area contributed by atoms with Gasteiger partial charge in [0.15, 0.2) is 11.5 Å². The number of ether oxygens (including phenoxy) is 2. The Kier molecular flexibility index (Phi) is 3.71. The Morgan fingerprint density at radius 2 is 1.81 bits per heavy atom. The summed E-state index contributed by atoms with van der Waals surface area (Å²) in [7, 11) is 1.44. The Balaban J connectivity index is 2.10. The van der Waals surface area contributed by atoms with Crippen molar-refractivity contribution in [2.75, 3.05) is 26.3 Å². The van der Waals surface area contributed by atoms with Crippen LogP contribution in [0.25, 0.3) is 0 Å². The van der Waals surface area contributed by atoms with Crippen LogP contribution >= 0.6 is 10.7 Å². The van der Waals surface area contributed by atoms with Gasteiger partial charge < -0.3 is 14.4 Å². The van der Waals surface area contributed by atoms with Gasteiger partial charge >= 0.3 is 0 Å². The van der Waals surface area contributed by atoms with Gasteiger partial charge in [-0.3, -0.25) is 4.79 Å². The molecule has 0 spiro atoms. The number of carbonyl (C=O) groups excluding carboxylic acids is 1. The third kappa shape index (κ3) is 2.80. The van der Waals surface area contributed by atoms with Gasteiger partial charge in [0, 0.05) is 29.8 Å². The van der Waals surface area contributed by atoms with Crippen molar-refractivity contribution in [3.8, 4) is 11.5 Å². The molecule has 0 unspecified atom stereocenters. The lowest BCUT2D eigenvalue weighted by Crippen LogP contribution is -2.29. The van der Waals surface area contributed by atoms with Crippen molar-refractivity contribution in [2.24, 2.45) is 0 Å². The molecule has 21 heavy (non-hydrogen) atoms. The molecule has 114 valence electrons. The molecule has 1 saturated heterocycles. The van der Waals surface area contributed by atoms with Crippen LogP contribution in [0.15, 0.2) is 17.0 Å². The van der Waals surface area contributed by atoms with E-state index < -0.39 is 9.05 Å². The van der Waals surface area contributed by atoms with Crippen LogP contribution in [0.3, 0.4) is 0 Å².